The summed E-state index contributed by atoms with van der Waals surface area (Å²) in [6.07, 6.45) is 2.22. The lowest BCUT2D eigenvalue weighted by Gasteiger charge is -2.34. The van der Waals surface area contributed by atoms with E-state index in [1.165, 1.54) is 0 Å². The maximum absolute atomic E-state index is 8.70. The Labute approximate surface area is 96.0 Å². The van der Waals surface area contributed by atoms with E-state index < -0.39 is 0 Å². The second kappa shape index (κ2) is 4.54. The number of hydrogen-bond donors (Lipinski definition) is 1. The summed E-state index contributed by atoms with van der Waals surface area (Å²) in [4.78, 5) is 0. The van der Waals surface area contributed by atoms with Crippen LogP contribution in [-0.2, 0) is 0 Å². The first-order valence-electron chi connectivity index (χ1n) is 5.62. The quantitative estimate of drug-likeness (QED) is 0.823. The van der Waals surface area contributed by atoms with Gasteiger partial charge < -0.3 is 10.1 Å². The molecular weight excluding hydrogens is 200 g/mol. The average Bonchev–Trinajstić information content (AvgIpc) is 2.30. The van der Waals surface area contributed by atoms with Crippen molar-refractivity contribution >= 4 is 0 Å². The normalized spacial score (nSPS) is 24.8. The molecule has 0 saturated carbocycles. The predicted molar refractivity (Wildman–Crippen MR) is 62.3 cm³/mol. The molecule has 84 valence electrons. The van der Waals surface area contributed by atoms with E-state index in [1.54, 1.807) is 12.1 Å². The molecule has 0 spiro atoms. The highest BCUT2D eigenvalue weighted by atomic mass is 16.5. The summed E-state index contributed by atoms with van der Waals surface area (Å²) < 4.78 is 5.97. The van der Waals surface area contributed by atoms with E-state index in [4.69, 9.17) is 10.00 Å². The van der Waals surface area contributed by atoms with Crippen LogP contribution in [0.3, 0.4) is 0 Å². The Kier molecular flexibility index (Phi) is 3.12. The Morgan fingerprint density at radius 1 is 1.38 bits per heavy atom. The smallest absolute Gasteiger partial charge is 0.120 e. The van der Waals surface area contributed by atoms with Gasteiger partial charge in [0, 0.05) is 6.54 Å². The summed E-state index contributed by atoms with van der Waals surface area (Å²) in [5.74, 6) is 0.838. The molecule has 0 aromatic heterocycles. The molecule has 1 aliphatic rings. The maximum Gasteiger partial charge on any atom is 0.120 e. The first-order chi connectivity index (χ1) is 7.72. The van der Waals surface area contributed by atoms with Crippen LogP contribution in [0.4, 0.5) is 0 Å². The SMILES string of the molecule is CC1(Oc2ccc(C#N)cc2)CCCNC1. The molecule has 1 fully saturated rings. The maximum atomic E-state index is 8.70. The molecule has 3 nitrogen and oxygen atoms in total. The van der Waals surface area contributed by atoms with Crippen LogP contribution in [0.25, 0.3) is 0 Å². The fourth-order valence-corrected chi connectivity index (χ4v) is 2.00. The van der Waals surface area contributed by atoms with Crippen LogP contribution in [0.2, 0.25) is 0 Å². The Hall–Kier alpha value is -1.53. The standard InChI is InChI=1S/C13H16N2O/c1-13(7-2-8-15-10-13)16-12-5-3-11(9-14)4-6-12/h3-6,15H,2,7-8,10H2,1H3. The number of rotatable bonds is 2. The van der Waals surface area contributed by atoms with Gasteiger partial charge in [0.1, 0.15) is 11.4 Å². The van der Waals surface area contributed by atoms with Crippen molar-refractivity contribution in [1.82, 2.24) is 5.32 Å². The van der Waals surface area contributed by atoms with Gasteiger partial charge in [-0.25, -0.2) is 0 Å². The van der Waals surface area contributed by atoms with Crippen LogP contribution < -0.4 is 10.1 Å². The number of nitrogens with one attached hydrogen (secondary N) is 1. The van der Waals surface area contributed by atoms with Crippen LogP contribution in [-0.4, -0.2) is 18.7 Å². The zero-order chi connectivity index (χ0) is 11.4. The summed E-state index contributed by atoms with van der Waals surface area (Å²) in [5, 5.41) is 12.0. The molecule has 0 radical (unpaired) electrons. The van der Waals surface area contributed by atoms with Gasteiger partial charge in [-0.05, 0) is 50.6 Å². The summed E-state index contributed by atoms with van der Waals surface area (Å²) in [6.45, 7) is 4.08. The van der Waals surface area contributed by atoms with Gasteiger partial charge in [-0.2, -0.15) is 5.26 Å². The molecule has 1 aromatic carbocycles. The monoisotopic (exact) mass is 216 g/mol. The molecule has 3 heteroatoms. The number of ether oxygens (including phenoxy) is 1. The van der Waals surface area contributed by atoms with E-state index in [0.29, 0.717) is 5.56 Å². The van der Waals surface area contributed by atoms with E-state index in [2.05, 4.69) is 18.3 Å². The van der Waals surface area contributed by atoms with Crippen molar-refractivity contribution in [3.63, 3.8) is 0 Å². The van der Waals surface area contributed by atoms with E-state index in [9.17, 15) is 0 Å². The number of benzene rings is 1. The molecule has 1 heterocycles. The summed E-state index contributed by atoms with van der Waals surface area (Å²) in [7, 11) is 0. The van der Waals surface area contributed by atoms with Gasteiger partial charge in [0.05, 0.1) is 11.6 Å². The first-order valence-corrected chi connectivity index (χ1v) is 5.62. The number of piperidine rings is 1. The van der Waals surface area contributed by atoms with Crippen molar-refractivity contribution in [2.24, 2.45) is 0 Å². The molecule has 1 N–H and O–H groups in total. The molecule has 1 aliphatic heterocycles. The molecule has 16 heavy (non-hydrogen) atoms. The number of hydrogen-bond acceptors (Lipinski definition) is 3. The fraction of sp³-hybridized carbons (Fsp3) is 0.462. The minimum absolute atomic E-state index is 0.119. The third kappa shape index (κ3) is 2.53. The highest BCUT2D eigenvalue weighted by Crippen LogP contribution is 2.24. The average molecular weight is 216 g/mol. The second-order valence-electron chi connectivity index (χ2n) is 4.47. The third-order valence-corrected chi connectivity index (χ3v) is 2.91. The third-order valence-electron chi connectivity index (χ3n) is 2.91. The molecule has 2 rings (SSSR count). The minimum Gasteiger partial charge on any atom is -0.486 e. The Morgan fingerprint density at radius 3 is 2.69 bits per heavy atom. The van der Waals surface area contributed by atoms with Gasteiger partial charge in [0.2, 0.25) is 0 Å². The number of nitriles is 1. The molecule has 0 bridgehead atoms. The van der Waals surface area contributed by atoms with Crippen molar-refractivity contribution in [1.29, 1.82) is 5.26 Å². The molecule has 1 saturated heterocycles. The lowest BCUT2D eigenvalue weighted by atomic mass is 9.96. The van der Waals surface area contributed by atoms with Crippen LogP contribution in [0.1, 0.15) is 25.3 Å². The molecular formula is C13H16N2O. The molecule has 0 amide bonds. The topological polar surface area (TPSA) is 45.0 Å². The largest absolute Gasteiger partial charge is 0.486 e. The summed E-state index contributed by atoms with van der Waals surface area (Å²) in [6, 6.07) is 9.39. The van der Waals surface area contributed by atoms with Crippen molar-refractivity contribution in [2.45, 2.75) is 25.4 Å². The molecule has 1 aromatic rings. The minimum atomic E-state index is -0.119. The first kappa shape index (κ1) is 11.0. The van der Waals surface area contributed by atoms with E-state index in [0.717, 1.165) is 31.7 Å². The van der Waals surface area contributed by atoms with Crippen molar-refractivity contribution in [3.8, 4) is 11.8 Å². The summed E-state index contributed by atoms with van der Waals surface area (Å²) in [5.41, 5.74) is 0.547. The van der Waals surface area contributed by atoms with Crippen LogP contribution in [0, 0.1) is 11.3 Å². The molecule has 1 atom stereocenters. The van der Waals surface area contributed by atoms with E-state index in [-0.39, 0.29) is 5.60 Å². The summed E-state index contributed by atoms with van der Waals surface area (Å²) >= 11 is 0. The highest BCUT2D eigenvalue weighted by Gasteiger charge is 2.28. The van der Waals surface area contributed by atoms with Crippen LogP contribution in [0.15, 0.2) is 24.3 Å². The molecule has 0 aliphatic carbocycles. The number of nitrogens with zero attached hydrogens (tertiary/aromatic N) is 1. The van der Waals surface area contributed by atoms with Gasteiger partial charge in [-0.1, -0.05) is 0 Å². The lowest BCUT2D eigenvalue weighted by molar-refractivity contribution is 0.0614. The Morgan fingerprint density at radius 2 is 2.12 bits per heavy atom. The van der Waals surface area contributed by atoms with Gasteiger partial charge in [-0.3, -0.25) is 0 Å². The zero-order valence-corrected chi connectivity index (χ0v) is 9.49. The van der Waals surface area contributed by atoms with Crippen molar-refractivity contribution < 1.29 is 4.74 Å². The highest BCUT2D eigenvalue weighted by molar-refractivity contribution is 5.34. The van der Waals surface area contributed by atoms with Gasteiger partial charge in [-0.15, -0.1) is 0 Å². The van der Waals surface area contributed by atoms with Gasteiger partial charge in [0.15, 0.2) is 0 Å². The van der Waals surface area contributed by atoms with Gasteiger partial charge in [0.25, 0.3) is 0 Å². The van der Waals surface area contributed by atoms with Crippen molar-refractivity contribution in [2.75, 3.05) is 13.1 Å². The van der Waals surface area contributed by atoms with E-state index >= 15 is 0 Å². The lowest BCUT2D eigenvalue weighted by Crippen LogP contribution is -2.47. The predicted octanol–water partition coefficient (Wildman–Crippen LogP) is 2.08. The van der Waals surface area contributed by atoms with E-state index in [1.807, 2.05) is 12.1 Å². The molecule has 1 unspecified atom stereocenters. The Balaban J connectivity index is 2.05. The fourth-order valence-electron chi connectivity index (χ4n) is 2.00. The van der Waals surface area contributed by atoms with Gasteiger partial charge >= 0.3 is 0 Å². The Bertz CT molecular complexity index is 385. The van der Waals surface area contributed by atoms with Crippen molar-refractivity contribution in [3.05, 3.63) is 29.8 Å². The van der Waals surface area contributed by atoms with Crippen LogP contribution in [0.5, 0.6) is 5.75 Å². The second-order valence-corrected chi connectivity index (χ2v) is 4.47. The van der Waals surface area contributed by atoms with Crippen LogP contribution >= 0.6 is 0 Å². The zero-order valence-electron chi connectivity index (χ0n) is 9.49.